The number of para-hydroxylation sites is 1. The number of fused-ring (bicyclic) bond motifs is 1. The zero-order valence-corrected chi connectivity index (χ0v) is 16.3. The number of aromatic nitrogens is 1. The van der Waals surface area contributed by atoms with Crippen molar-refractivity contribution in [1.82, 2.24) is 4.98 Å². The number of carbonyl (C=O) groups excluding carboxylic acids is 2. The molecule has 0 spiro atoms. The molecule has 4 aromatic rings. The van der Waals surface area contributed by atoms with Crippen LogP contribution in [0.1, 0.15) is 20.7 Å². The SMILES string of the molecule is O=C(COC(=O)c1cc(-c2cccs2)nc2ccccc12)c1ccc([N+](=O)[O-])cc1. The average Bonchev–Trinajstić information content (AvgIpc) is 3.31. The predicted molar refractivity (Wildman–Crippen MR) is 113 cm³/mol. The molecule has 2 heterocycles. The Morgan fingerprint density at radius 1 is 1.03 bits per heavy atom. The highest BCUT2D eigenvalue weighted by atomic mass is 32.1. The van der Waals surface area contributed by atoms with E-state index in [-0.39, 0.29) is 11.3 Å². The number of rotatable bonds is 6. The molecular weight excluding hydrogens is 404 g/mol. The van der Waals surface area contributed by atoms with Crippen LogP contribution < -0.4 is 0 Å². The first-order chi connectivity index (χ1) is 14.5. The quantitative estimate of drug-likeness (QED) is 0.191. The molecule has 8 heteroatoms. The number of benzene rings is 2. The fourth-order valence-electron chi connectivity index (χ4n) is 2.96. The van der Waals surface area contributed by atoms with Gasteiger partial charge in [0.15, 0.2) is 12.4 Å². The Labute approximate surface area is 174 Å². The van der Waals surface area contributed by atoms with E-state index in [1.165, 1.54) is 35.6 Å². The number of pyridine rings is 1. The molecule has 0 bridgehead atoms. The highest BCUT2D eigenvalue weighted by Gasteiger charge is 2.18. The van der Waals surface area contributed by atoms with Gasteiger partial charge in [0.05, 0.1) is 26.6 Å². The number of nitro benzene ring substituents is 1. The van der Waals surface area contributed by atoms with Crippen molar-refractivity contribution < 1.29 is 19.2 Å². The standard InChI is InChI=1S/C22H14N2O5S/c25-20(14-7-9-15(10-8-14)24(27)28)13-29-22(26)17-12-19(21-6-3-11-30-21)23-18-5-2-1-4-16(17)18/h1-12H,13H2. The van der Waals surface area contributed by atoms with Gasteiger partial charge in [0.1, 0.15) is 0 Å². The normalized spacial score (nSPS) is 10.7. The molecule has 0 radical (unpaired) electrons. The molecule has 2 aromatic heterocycles. The summed E-state index contributed by atoms with van der Waals surface area (Å²) >= 11 is 1.51. The van der Waals surface area contributed by atoms with Crippen LogP contribution in [0.3, 0.4) is 0 Å². The van der Waals surface area contributed by atoms with Gasteiger partial charge in [-0.15, -0.1) is 11.3 Å². The van der Waals surface area contributed by atoms with Crippen molar-refractivity contribution >= 4 is 39.7 Å². The third-order valence-corrected chi connectivity index (χ3v) is 5.34. The van der Waals surface area contributed by atoms with Crippen molar-refractivity contribution in [2.24, 2.45) is 0 Å². The monoisotopic (exact) mass is 418 g/mol. The van der Waals surface area contributed by atoms with Crippen molar-refractivity contribution in [2.75, 3.05) is 6.61 Å². The Hall–Kier alpha value is -3.91. The summed E-state index contributed by atoms with van der Waals surface area (Å²) in [6.45, 7) is -0.471. The highest BCUT2D eigenvalue weighted by molar-refractivity contribution is 7.13. The van der Waals surface area contributed by atoms with E-state index >= 15 is 0 Å². The van der Waals surface area contributed by atoms with Crippen LogP contribution in [0.2, 0.25) is 0 Å². The number of carbonyl (C=O) groups is 2. The fraction of sp³-hybridized carbons (Fsp3) is 0.0455. The molecule has 30 heavy (non-hydrogen) atoms. The van der Waals surface area contributed by atoms with E-state index < -0.39 is 23.3 Å². The van der Waals surface area contributed by atoms with Crippen LogP contribution in [0, 0.1) is 10.1 Å². The molecular formula is C22H14N2O5S. The lowest BCUT2D eigenvalue weighted by Crippen LogP contribution is -2.15. The van der Waals surface area contributed by atoms with Crippen molar-refractivity contribution in [2.45, 2.75) is 0 Å². The van der Waals surface area contributed by atoms with E-state index in [2.05, 4.69) is 4.98 Å². The third-order valence-electron chi connectivity index (χ3n) is 4.44. The first-order valence-corrected chi connectivity index (χ1v) is 9.79. The van der Waals surface area contributed by atoms with Crippen LogP contribution >= 0.6 is 11.3 Å². The van der Waals surface area contributed by atoms with Gasteiger partial charge in [-0.25, -0.2) is 9.78 Å². The van der Waals surface area contributed by atoms with E-state index in [0.29, 0.717) is 22.2 Å². The fourth-order valence-corrected chi connectivity index (χ4v) is 3.64. The van der Waals surface area contributed by atoms with E-state index in [4.69, 9.17) is 4.74 Å². The molecule has 0 N–H and O–H groups in total. The smallest absolute Gasteiger partial charge is 0.339 e. The number of Topliss-reactive ketones (excluding diaryl/α,β-unsaturated/α-hetero) is 1. The Balaban J connectivity index is 1.57. The van der Waals surface area contributed by atoms with E-state index in [1.54, 1.807) is 18.2 Å². The van der Waals surface area contributed by atoms with Gasteiger partial charge in [0, 0.05) is 23.1 Å². The molecule has 0 aliphatic rings. The van der Waals surface area contributed by atoms with Gasteiger partial charge in [0.2, 0.25) is 0 Å². The minimum Gasteiger partial charge on any atom is -0.454 e. The molecule has 148 valence electrons. The van der Waals surface area contributed by atoms with Gasteiger partial charge in [0.25, 0.3) is 5.69 Å². The molecule has 0 amide bonds. The van der Waals surface area contributed by atoms with E-state index in [0.717, 1.165) is 4.88 Å². The van der Waals surface area contributed by atoms with Crippen LogP contribution in [0.25, 0.3) is 21.5 Å². The first kappa shape index (κ1) is 19.4. The summed E-state index contributed by atoms with van der Waals surface area (Å²) in [6, 6.07) is 17.8. The van der Waals surface area contributed by atoms with Gasteiger partial charge in [-0.1, -0.05) is 24.3 Å². The Kier molecular flexibility index (Phi) is 5.32. The summed E-state index contributed by atoms with van der Waals surface area (Å²) in [5, 5.41) is 13.3. The largest absolute Gasteiger partial charge is 0.454 e. The van der Waals surface area contributed by atoms with Crippen LogP contribution in [-0.4, -0.2) is 28.3 Å². The maximum Gasteiger partial charge on any atom is 0.339 e. The molecule has 7 nitrogen and oxygen atoms in total. The molecule has 0 aliphatic heterocycles. The molecule has 2 aromatic carbocycles. The number of non-ortho nitro benzene ring substituents is 1. The van der Waals surface area contributed by atoms with Gasteiger partial charge in [-0.2, -0.15) is 0 Å². The van der Waals surface area contributed by atoms with Crippen LogP contribution in [-0.2, 0) is 4.74 Å². The second kappa shape index (κ2) is 8.22. The van der Waals surface area contributed by atoms with Gasteiger partial charge in [-0.3, -0.25) is 14.9 Å². The molecule has 0 fully saturated rings. The molecule has 0 unspecified atom stereocenters. The summed E-state index contributed by atoms with van der Waals surface area (Å²) in [7, 11) is 0. The minimum absolute atomic E-state index is 0.118. The number of ether oxygens (including phenoxy) is 1. The van der Waals surface area contributed by atoms with Crippen LogP contribution in [0.15, 0.2) is 72.1 Å². The number of esters is 1. The predicted octanol–water partition coefficient (Wildman–Crippen LogP) is 4.91. The van der Waals surface area contributed by atoms with Crippen LogP contribution in [0.5, 0.6) is 0 Å². The average molecular weight is 418 g/mol. The molecule has 0 saturated carbocycles. The molecule has 4 rings (SSSR count). The van der Waals surface area contributed by atoms with Crippen molar-refractivity contribution in [3.8, 4) is 10.6 Å². The van der Waals surface area contributed by atoms with Gasteiger partial charge < -0.3 is 4.74 Å². The molecule has 0 atom stereocenters. The first-order valence-electron chi connectivity index (χ1n) is 8.91. The summed E-state index contributed by atoms with van der Waals surface area (Å²) < 4.78 is 5.26. The second-order valence-corrected chi connectivity index (χ2v) is 7.30. The summed E-state index contributed by atoms with van der Waals surface area (Å²) in [6.07, 6.45) is 0. The number of nitro groups is 1. The van der Waals surface area contributed by atoms with Gasteiger partial charge in [-0.05, 0) is 35.7 Å². The summed E-state index contributed by atoms with van der Waals surface area (Å²) in [5.41, 5.74) is 1.73. The van der Waals surface area contributed by atoms with Crippen molar-refractivity contribution in [3.63, 3.8) is 0 Å². The maximum atomic E-state index is 12.8. The number of ketones is 1. The molecule has 0 aliphatic carbocycles. The third kappa shape index (κ3) is 3.94. The number of thiophene rings is 1. The Bertz CT molecular complexity index is 1250. The lowest BCUT2D eigenvalue weighted by Gasteiger charge is -2.09. The molecule has 0 saturated heterocycles. The summed E-state index contributed by atoms with van der Waals surface area (Å²) in [4.78, 5) is 40.8. The summed E-state index contributed by atoms with van der Waals surface area (Å²) in [5.74, 6) is -1.09. The van der Waals surface area contributed by atoms with Crippen LogP contribution in [0.4, 0.5) is 5.69 Å². The number of nitrogens with zero attached hydrogens (tertiary/aromatic N) is 2. The number of hydrogen-bond donors (Lipinski definition) is 0. The lowest BCUT2D eigenvalue weighted by molar-refractivity contribution is -0.384. The van der Waals surface area contributed by atoms with E-state index in [1.807, 2.05) is 29.6 Å². The highest BCUT2D eigenvalue weighted by Crippen LogP contribution is 2.28. The Morgan fingerprint density at radius 2 is 1.80 bits per heavy atom. The maximum absolute atomic E-state index is 12.8. The zero-order valence-electron chi connectivity index (χ0n) is 15.5. The topological polar surface area (TPSA) is 99.4 Å². The van der Waals surface area contributed by atoms with Crippen molar-refractivity contribution in [3.05, 3.63) is 93.4 Å². The lowest BCUT2D eigenvalue weighted by atomic mass is 10.1. The van der Waals surface area contributed by atoms with Gasteiger partial charge >= 0.3 is 5.97 Å². The van der Waals surface area contributed by atoms with E-state index in [9.17, 15) is 19.7 Å². The second-order valence-electron chi connectivity index (χ2n) is 6.35. The number of hydrogen-bond acceptors (Lipinski definition) is 7. The van der Waals surface area contributed by atoms with Crippen molar-refractivity contribution in [1.29, 1.82) is 0 Å². The minimum atomic E-state index is -0.637. The zero-order chi connectivity index (χ0) is 21.1. The Morgan fingerprint density at radius 3 is 2.50 bits per heavy atom.